The molecule has 1 saturated heterocycles. The van der Waals surface area contributed by atoms with Gasteiger partial charge in [0, 0.05) is 13.5 Å². The molecule has 0 spiro atoms. The maximum absolute atomic E-state index is 9.59. The van der Waals surface area contributed by atoms with Gasteiger partial charge in [-0.15, -0.1) is 0 Å². The first-order chi connectivity index (χ1) is 9.49. The van der Waals surface area contributed by atoms with E-state index in [1.165, 1.54) is 19.6 Å². The van der Waals surface area contributed by atoms with Crippen LogP contribution in [0, 0.1) is 6.92 Å². The summed E-state index contributed by atoms with van der Waals surface area (Å²) in [5.74, 6) is 0.672. The van der Waals surface area contributed by atoms with E-state index in [0.717, 1.165) is 25.3 Å². The van der Waals surface area contributed by atoms with Crippen LogP contribution >= 0.6 is 0 Å². The van der Waals surface area contributed by atoms with Gasteiger partial charge in [0.1, 0.15) is 5.75 Å². The largest absolute Gasteiger partial charge is 0.497 e. The molecule has 1 fully saturated rings. The second-order valence-electron chi connectivity index (χ2n) is 4.36. The molecule has 114 valence electrons. The van der Waals surface area contributed by atoms with Crippen LogP contribution in [0.3, 0.4) is 0 Å². The number of ether oxygens (including phenoxy) is 2. The van der Waals surface area contributed by atoms with E-state index in [0.29, 0.717) is 0 Å². The van der Waals surface area contributed by atoms with Crippen LogP contribution in [0.2, 0.25) is 0 Å². The predicted molar refractivity (Wildman–Crippen MR) is 78.9 cm³/mol. The first kappa shape index (κ1) is 18.4. The molecule has 1 aliphatic rings. The third kappa shape index (κ3) is 10.3. The van der Waals surface area contributed by atoms with Crippen molar-refractivity contribution in [1.29, 1.82) is 0 Å². The molecule has 1 atom stereocenters. The van der Waals surface area contributed by atoms with Gasteiger partial charge in [-0.1, -0.05) is 17.7 Å². The van der Waals surface area contributed by atoms with Gasteiger partial charge >= 0.3 is 5.97 Å². The Balaban J connectivity index is 0.000000288. The quantitative estimate of drug-likeness (QED) is 0.765. The van der Waals surface area contributed by atoms with Gasteiger partial charge in [0.15, 0.2) is 0 Å². The Hall–Kier alpha value is -1.59. The van der Waals surface area contributed by atoms with Crippen LogP contribution in [-0.4, -0.2) is 44.5 Å². The topological polar surface area (TPSA) is 67.8 Å². The summed E-state index contributed by atoms with van der Waals surface area (Å²) < 4.78 is 9.08. The molecule has 2 rings (SSSR count). The number of hydrogen-bond acceptors (Lipinski definition) is 5. The van der Waals surface area contributed by atoms with Crippen molar-refractivity contribution in [1.82, 2.24) is 5.32 Å². The van der Waals surface area contributed by atoms with Crippen LogP contribution in [0.15, 0.2) is 24.3 Å². The van der Waals surface area contributed by atoms with Crippen molar-refractivity contribution in [2.45, 2.75) is 26.4 Å². The van der Waals surface area contributed by atoms with Gasteiger partial charge in [0.2, 0.25) is 0 Å². The van der Waals surface area contributed by atoms with Crippen LogP contribution in [0.4, 0.5) is 0 Å². The molecule has 20 heavy (non-hydrogen) atoms. The third-order valence-corrected chi connectivity index (χ3v) is 2.58. The molecular weight excluding hydrogens is 258 g/mol. The van der Waals surface area contributed by atoms with Gasteiger partial charge in [-0.05, 0) is 32.0 Å². The lowest BCUT2D eigenvalue weighted by molar-refractivity contribution is -0.137. The van der Waals surface area contributed by atoms with Crippen LogP contribution < -0.4 is 10.1 Å². The highest BCUT2D eigenvalue weighted by Crippen LogP contribution is 2.09. The first-order valence-corrected chi connectivity index (χ1v) is 6.53. The minimum Gasteiger partial charge on any atom is -0.497 e. The molecule has 1 aliphatic heterocycles. The Morgan fingerprint density at radius 1 is 1.30 bits per heavy atom. The number of hydrogen-bond donors (Lipinski definition) is 2. The Labute approximate surface area is 120 Å². The number of carbonyl (C=O) groups excluding carboxylic acids is 1. The average Bonchev–Trinajstić information content (AvgIpc) is 2.92. The fourth-order valence-corrected chi connectivity index (χ4v) is 1.31. The van der Waals surface area contributed by atoms with E-state index in [4.69, 9.17) is 9.84 Å². The molecule has 5 heteroatoms. The van der Waals surface area contributed by atoms with Gasteiger partial charge in [0.05, 0.1) is 20.3 Å². The van der Waals surface area contributed by atoms with Gasteiger partial charge in [-0.2, -0.15) is 0 Å². The number of β-amino-alcohol motifs (C(OH)–C–C–N with tert-alkyl or cyclic N) is 1. The van der Waals surface area contributed by atoms with Gasteiger partial charge in [-0.3, -0.25) is 4.79 Å². The number of esters is 1. The van der Waals surface area contributed by atoms with Crippen molar-refractivity contribution >= 4 is 5.97 Å². The van der Waals surface area contributed by atoms with Gasteiger partial charge in [-0.25, -0.2) is 0 Å². The second kappa shape index (κ2) is 11.3. The summed E-state index contributed by atoms with van der Waals surface area (Å²) in [6.07, 6.45) is 0.866. The molecule has 1 unspecified atom stereocenters. The van der Waals surface area contributed by atoms with Crippen molar-refractivity contribution in [3.8, 4) is 5.75 Å². The number of benzene rings is 1. The fraction of sp³-hybridized carbons (Fsp3) is 0.533. The molecule has 1 aromatic rings. The van der Waals surface area contributed by atoms with Crippen molar-refractivity contribution in [3.05, 3.63) is 29.8 Å². The maximum Gasteiger partial charge on any atom is 0.302 e. The van der Waals surface area contributed by atoms with E-state index >= 15 is 0 Å². The number of aliphatic hydroxyl groups is 1. The lowest BCUT2D eigenvalue weighted by Gasteiger charge is -1.97. The van der Waals surface area contributed by atoms with Crippen LogP contribution in [0.1, 0.15) is 18.9 Å². The number of methoxy groups -OCH3 is 2. The Morgan fingerprint density at radius 2 is 1.85 bits per heavy atom. The molecule has 0 aromatic heterocycles. The Morgan fingerprint density at radius 3 is 2.10 bits per heavy atom. The maximum atomic E-state index is 9.59. The molecule has 1 aromatic carbocycles. The molecule has 0 bridgehead atoms. The summed E-state index contributed by atoms with van der Waals surface area (Å²) in [7, 11) is 3.02. The fourth-order valence-electron chi connectivity index (χ4n) is 1.31. The number of nitrogens with one attached hydrogen (secondary N) is 1. The molecule has 0 saturated carbocycles. The number of carbonyl (C=O) groups is 1. The highest BCUT2D eigenvalue weighted by Gasteiger charge is 2.08. The summed E-state index contributed by atoms with van der Waals surface area (Å²) >= 11 is 0. The van der Waals surface area contributed by atoms with Crippen molar-refractivity contribution in [2.24, 2.45) is 0 Å². The van der Waals surface area contributed by atoms with Gasteiger partial charge in [0.25, 0.3) is 0 Å². The Kier molecular flexibility index (Phi) is 10.4. The first-order valence-electron chi connectivity index (χ1n) is 6.53. The number of aliphatic hydroxyl groups excluding tert-OH is 1. The monoisotopic (exact) mass is 283 g/mol. The zero-order chi connectivity index (χ0) is 15.4. The Bertz CT molecular complexity index is 359. The number of aryl methyl sites for hydroxylation is 1. The van der Waals surface area contributed by atoms with Crippen LogP contribution in [0.5, 0.6) is 5.75 Å². The standard InChI is InChI=1S/C8H10O.C4H9NO.C3H6O2/c1-7-3-5-8(9-2)6-4-7;6-4-1-2-5-3-4;1-3(4)5-2/h3-6H,1-2H3;4-6H,1-3H2;1-2H3. The van der Waals surface area contributed by atoms with E-state index in [-0.39, 0.29) is 12.1 Å². The zero-order valence-electron chi connectivity index (χ0n) is 12.7. The second-order valence-corrected chi connectivity index (χ2v) is 4.36. The highest BCUT2D eigenvalue weighted by atomic mass is 16.5. The smallest absolute Gasteiger partial charge is 0.302 e. The van der Waals surface area contributed by atoms with E-state index in [1.54, 1.807) is 7.11 Å². The molecule has 0 aliphatic carbocycles. The van der Waals surface area contributed by atoms with Gasteiger partial charge < -0.3 is 19.9 Å². The average molecular weight is 283 g/mol. The number of rotatable bonds is 1. The molecule has 2 N–H and O–H groups in total. The normalized spacial score (nSPS) is 16.1. The lowest BCUT2D eigenvalue weighted by Crippen LogP contribution is -2.11. The van der Waals surface area contributed by atoms with Crippen molar-refractivity contribution < 1.29 is 19.4 Å². The van der Waals surface area contributed by atoms with Crippen LogP contribution in [0.25, 0.3) is 0 Å². The summed E-state index contributed by atoms with van der Waals surface area (Å²) in [4.78, 5) is 9.59. The summed E-state index contributed by atoms with van der Waals surface area (Å²) in [5, 5.41) is 11.7. The molecule has 0 radical (unpaired) electrons. The summed E-state index contributed by atoms with van der Waals surface area (Å²) in [5.41, 5.74) is 1.26. The lowest BCUT2D eigenvalue weighted by atomic mass is 10.2. The van der Waals surface area contributed by atoms with E-state index in [1.807, 2.05) is 24.3 Å². The zero-order valence-corrected chi connectivity index (χ0v) is 12.7. The minimum absolute atomic E-state index is 0.0648. The predicted octanol–water partition coefficient (Wildman–Crippen LogP) is 1.52. The molecular formula is C15H25NO4. The molecule has 5 nitrogen and oxygen atoms in total. The SMILES string of the molecule is COC(C)=O.COc1ccc(C)cc1.OC1CCNC1. The van der Waals surface area contributed by atoms with E-state index < -0.39 is 0 Å². The van der Waals surface area contributed by atoms with E-state index in [2.05, 4.69) is 17.0 Å². The third-order valence-electron chi connectivity index (χ3n) is 2.58. The summed E-state index contributed by atoms with van der Waals surface area (Å²) in [6.45, 7) is 5.20. The highest BCUT2D eigenvalue weighted by molar-refractivity contribution is 5.65. The molecule has 0 amide bonds. The van der Waals surface area contributed by atoms with Crippen LogP contribution in [-0.2, 0) is 9.53 Å². The minimum atomic E-state index is -0.245. The van der Waals surface area contributed by atoms with E-state index in [9.17, 15) is 4.79 Å². The van der Waals surface area contributed by atoms with Crippen molar-refractivity contribution in [3.63, 3.8) is 0 Å². The summed E-state index contributed by atoms with van der Waals surface area (Å²) in [6, 6.07) is 7.96. The van der Waals surface area contributed by atoms with Crippen molar-refractivity contribution in [2.75, 3.05) is 27.3 Å². The molecule has 1 heterocycles.